The number of aromatic nitrogens is 1. The molecule has 5 aromatic carbocycles. The molecule has 0 aliphatic carbocycles. The van der Waals surface area contributed by atoms with Crippen LogP contribution in [0.4, 0.5) is 4.39 Å². The Balaban J connectivity index is 1.55. The molecule has 7 rings (SSSR count). The van der Waals surface area contributed by atoms with E-state index in [1.54, 1.807) is 6.07 Å². The highest BCUT2D eigenvalue weighted by Gasteiger charge is 2.23. The van der Waals surface area contributed by atoms with Crippen molar-refractivity contribution in [2.75, 3.05) is 0 Å². The van der Waals surface area contributed by atoms with Crippen LogP contribution in [0.15, 0.2) is 102 Å². The lowest BCUT2D eigenvalue weighted by molar-refractivity contribution is 0.587. The number of halogens is 1. The van der Waals surface area contributed by atoms with Crippen LogP contribution in [0.1, 0.15) is 26.3 Å². The third-order valence-electron chi connectivity index (χ3n) is 7.96. The number of pyridine rings is 1. The topological polar surface area (TPSA) is 26.0 Å². The monoisotopic (exact) mass is 507 g/mol. The molecular formula is C35H27BFNO. The minimum atomic E-state index is -0.292. The molecule has 2 nitrogen and oxygen atoms in total. The van der Waals surface area contributed by atoms with Gasteiger partial charge in [0.05, 0.1) is 11.3 Å². The zero-order valence-electron chi connectivity index (χ0n) is 22.5. The van der Waals surface area contributed by atoms with Gasteiger partial charge in [0.25, 0.3) is 0 Å². The van der Waals surface area contributed by atoms with E-state index in [4.69, 9.17) is 9.40 Å². The molecule has 0 atom stereocenters. The summed E-state index contributed by atoms with van der Waals surface area (Å²) in [4.78, 5) is 4.79. The first kappa shape index (κ1) is 23.7. The molecule has 39 heavy (non-hydrogen) atoms. The first-order valence-electron chi connectivity index (χ1n) is 13.3. The van der Waals surface area contributed by atoms with Crippen LogP contribution < -0.4 is 5.46 Å². The molecule has 0 fully saturated rings. The van der Waals surface area contributed by atoms with Gasteiger partial charge in [0.15, 0.2) is 0 Å². The van der Waals surface area contributed by atoms with Crippen LogP contribution in [0, 0.1) is 5.82 Å². The van der Waals surface area contributed by atoms with Crippen molar-refractivity contribution in [2.24, 2.45) is 0 Å². The van der Waals surface area contributed by atoms with Crippen molar-refractivity contribution in [1.29, 1.82) is 0 Å². The minimum absolute atomic E-state index is 0.0177. The molecule has 0 radical (unpaired) electrons. The van der Waals surface area contributed by atoms with Crippen molar-refractivity contribution in [3.63, 3.8) is 0 Å². The predicted octanol–water partition coefficient (Wildman–Crippen LogP) is 8.32. The fourth-order valence-corrected chi connectivity index (χ4v) is 5.91. The lowest BCUT2D eigenvalue weighted by Crippen LogP contribution is -2.11. The van der Waals surface area contributed by atoms with Crippen LogP contribution in [0.2, 0.25) is 0 Å². The molecule has 0 aliphatic rings. The van der Waals surface area contributed by atoms with E-state index in [1.807, 2.05) is 54.7 Å². The van der Waals surface area contributed by atoms with Crippen LogP contribution >= 0.6 is 0 Å². The molecular weight excluding hydrogens is 480 g/mol. The van der Waals surface area contributed by atoms with Crippen molar-refractivity contribution >= 4 is 56.8 Å². The normalized spacial score (nSPS) is 12.2. The Hall–Kier alpha value is -4.44. The van der Waals surface area contributed by atoms with E-state index < -0.39 is 0 Å². The SMILES string of the molecule is Bc1c(-c2c(F)ccc3c2oc2c(-c4ccc(C(C)(C)C)cn4)cccc23)c2ccccc2c2ccccc12. The average molecular weight is 507 g/mol. The summed E-state index contributed by atoms with van der Waals surface area (Å²) in [5.41, 5.74) is 6.62. The van der Waals surface area contributed by atoms with E-state index in [1.165, 1.54) is 10.9 Å². The lowest BCUT2D eigenvalue weighted by atomic mass is 9.79. The molecule has 0 amide bonds. The molecule has 0 aliphatic heterocycles. The van der Waals surface area contributed by atoms with Gasteiger partial charge in [0.2, 0.25) is 0 Å². The van der Waals surface area contributed by atoms with Crippen molar-refractivity contribution in [2.45, 2.75) is 26.2 Å². The van der Waals surface area contributed by atoms with E-state index in [-0.39, 0.29) is 11.2 Å². The zero-order valence-corrected chi connectivity index (χ0v) is 22.5. The summed E-state index contributed by atoms with van der Waals surface area (Å²) in [6, 6.07) is 30.2. The Kier molecular flexibility index (Phi) is 5.18. The molecule has 188 valence electrons. The Morgan fingerprint density at radius 1 is 0.641 bits per heavy atom. The van der Waals surface area contributed by atoms with Crippen molar-refractivity contribution in [1.82, 2.24) is 4.98 Å². The third kappa shape index (κ3) is 3.59. The standard InChI is InChI=1S/C35H27BFNO/c1-35(2,3)20-15-18-29(38-19-20)27-14-8-13-25-26-16-17-28(37)31(34(26)39-33(25)27)30-23-11-6-4-9-21(23)22-10-5-7-12-24(22)32(30)36/h4-19H,36H2,1-3H3. The fraction of sp³-hybridized carbons (Fsp3) is 0.114. The number of para-hydroxylation sites is 1. The largest absolute Gasteiger partial charge is 0.455 e. The van der Waals surface area contributed by atoms with Gasteiger partial charge in [-0.2, -0.15) is 0 Å². The Labute approximate surface area is 227 Å². The van der Waals surface area contributed by atoms with Crippen LogP contribution in [-0.4, -0.2) is 12.8 Å². The van der Waals surface area contributed by atoms with Gasteiger partial charge >= 0.3 is 0 Å². The van der Waals surface area contributed by atoms with Crippen LogP contribution in [0.25, 0.3) is 65.9 Å². The van der Waals surface area contributed by atoms with E-state index in [2.05, 4.69) is 65.0 Å². The first-order valence-corrected chi connectivity index (χ1v) is 13.3. The summed E-state index contributed by atoms with van der Waals surface area (Å²) in [7, 11) is 2.08. The number of fused-ring (bicyclic) bond motifs is 6. The van der Waals surface area contributed by atoms with Crippen LogP contribution in [0.5, 0.6) is 0 Å². The number of rotatable bonds is 2. The zero-order chi connectivity index (χ0) is 26.9. The van der Waals surface area contributed by atoms with E-state index in [0.29, 0.717) is 11.1 Å². The fourth-order valence-electron chi connectivity index (χ4n) is 5.91. The number of hydrogen-bond acceptors (Lipinski definition) is 2. The summed E-state index contributed by atoms with van der Waals surface area (Å²) < 4.78 is 22.6. The number of nitrogens with zero attached hydrogens (tertiary/aromatic N) is 1. The third-order valence-corrected chi connectivity index (χ3v) is 7.96. The molecule has 0 saturated heterocycles. The van der Waals surface area contributed by atoms with Gasteiger partial charge in [-0.3, -0.25) is 4.98 Å². The quantitative estimate of drug-likeness (QED) is 0.174. The Morgan fingerprint density at radius 2 is 1.28 bits per heavy atom. The van der Waals surface area contributed by atoms with Gasteiger partial charge in [0.1, 0.15) is 24.8 Å². The number of furan rings is 1. The van der Waals surface area contributed by atoms with E-state index in [0.717, 1.165) is 54.8 Å². The van der Waals surface area contributed by atoms with Gasteiger partial charge in [-0.15, -0.1) is 0 Å². The summed E-state index contributed by atoms with van der Waals surface area (Å²) in [6.07, 6.45) is 1.94. The van der Waals surface area contributed by atoms with E-state index >= 15 is 4.39 Å². The lowest BCUT2D eigenvalue weighted by Gasteiger charge is -2.18. The second-order valence-corrected chi connectivity index (χ2v) is 11.4. The molecule has 7 aromatic rings. The molecule has 0 bridgehead atoms. The average Bonchev–Trinajstić information content (AvgIpc) is 3.33. The van der Waals surface area contributed by atoms with Gasteiger partial charge < -0.3 is 4.42 Å². The van der Waals surface area contributed by atoms with Gasteiger partial charge in [0, 0.05) is 22.5 Å². The predicted molar refractivity (Wildman–Crippen MR) is 164 cm³/mol. The number of hydrogen-bond donors (Lipinski definition) is 0. The van der Waals surface area contributed by atoms with Crippen molar-refractivity contribution in [3.05, 3.63) is 109 Å². The second-order valence-electron chi connectivity index (χ2n) is 11.4. The molecule has 2 heterocycles. The maximum absolute atomic E-state index is 15.9. The highest BCUT2D eigenvalue weighted by atomic mass is 19.1. The molecule has 0 saturated carbocycles. The summed E-state index contributed by atoms with van der Waals surface area (Å²) in [5.74, 6) is -0.292. The second kappa shape index (κ2) is 8.54. The maximum Gasteiger partial charge on any atom is 0.146 e. The highest BCUT2D eigenvalue weighted by molar-refractivity contribution is 6.46. The smallest absolute Gasteiger partial charge is 0.146 e. The van der Waals surface area contributed by atoms with Gasteiger partial charge in [-0.1, -0.05) is 93.0 Å². The molecule has 0 spiro atoms. The summed E-state index contributed by atoms with van der Waals surface area (Å²) >= 11 is 0. The molecule has 2 aromatic heterocycles. The van der Waals surface area contributed by atoms with Crippen LogP contribution in [0.3, 0.4) is 0 Å². The summed E-state index contributed by atoms with van der Waals surface area (Å²) in [5, 5.41) is 6.24. The van der Waals surface area contributed by atoms with Gasteiger partial charge in [-0.25, -0.2) is 4.39 Å². The van der Waals surface area contributed by atoms with E-state index in [9.17, 15) is 0 Å². The van der Waals surface area contributed by atoms with Gasteiger partial charge in [-0.05, 0) is 62.4 Å². The molecule has 0 unspecified atom stereocenters. The molecule has 4 heteroatoms. The minimum Gasteiger partial charge on any atom is -0.455 e. The van der Waals surface area contributed by atoms with Crippen molar-refractivity contribution in [3.8, 4) is 22.4 Å². The Morgan fingerprint density at radius 3 is 1.97 bits per heavy atom. The van der Waals surface area contributed by atoms with Crippen LogP contribution in [-0.2, 0) is 5.41 Å². The summed E-state index contributed by atoms with van der Waals surface area (Å²) in [6.45, 7) is 6.54. The molecule has 0 N–H and O–H groups in total. The van der Waals surface area contributed by atoms with Crippen molar-refractivity contribution < 1.29 is 8.81 Å². The maximum atomic E-state index is 15.9. The first-order chi connectivity index (χ1) is 18.8. The number of benzene rings is 5. The highest BCUT2D eigenvalue weighted by Crippen LogP contribution is 2.43. The Bertz CT molecular complexity index is 2070.